The molecule has 1 aromatic carbocycles. The van der Waals surface area contributed by atoms with Crippen molar-refractivity contribution in [3.8, 4) is 0 Å². The average Bonchev–Trinajstić information content (AvgIpc) is 3.06. The molecule has 0 aliphatic heterocycles. The molecule has 3 aromatic rings. The third-order valence-corrected chi connectivity index (χ3v) is 6.65. The number of thioether (sulfide) groups is 1. The van der Waals surface area contributed by atoms with E-state index in [4.69, 9.17) is 4.74 Å². The van der Waals surface area contributed by atoms with E-state index in [1.807, 2.05) is 30.5 Å². The van der Waals surface area contributed by atoms with Gasteiger partial charge < -0.3 is 4.74 Å². The van der Waals surface area contributed by atoms with Crippen molar-refractivity contribution >= 4 is 44.3 Å². The van der Waals surface area contributed by atoms with Gasteiger partial charge in [0.05, 0.1) is 29.0 Å². The highest BCUT2D eigenvalue weighted by molar-refractivity contribution is 7.98. The minimum atomic E-state index is -0.737. The summed E-state index contributed by atoms with van der Waals surface area (Å²) in [5.74, 6) is -0.727. The Morgan fingerprint density at radius 1 is 1.27 bits per heavy atom. The monoisotopic (exact) mass is 449 g/mol. The van der Waals surface area contributed by atoms with Crippen LogP contribution in [0.15, 0.2) is 38.8 Å². The SMILES string of the molecule is CCOC(=O)Cn1c(=O)c2c(C)c([N+](=O)[O-])sc2n(Cc2ccccc2SC)c1=O. The molecule has 2 aromatic heterocycles. The Balaban J connectivity index is 2.32. The molecule has 30 heavy (non-hydrogen) atoms. The number of carbonyl (C=O) groups excluding carboxylic acids is 1. The number of ether oxygens (including phenoxy) is 1. The zero-order chi connectivity index (χ0) is 22.0. The molecule has 0 saturated heterocycles. The van der Waals surface area contributed by atoms with Gasteiger partial charge in [-0.05, 0) is 43.1 Å². The molecule has 0 N–H and O–H groups in total. The van der Waals surface area contributed by atoms with Gasteiger partial charge in [-0.25, -0.2) is 9.36 Å². The fourth-order valence-corrected chi connectivity index (χ4v) is 4.89. The smallest absolute Gasteiger partial charge is 0.332 e. The fraction of sp³-hybridized carbons (Fsp3) is 0.316. The average molecular weight is 450 g/mol. The van der Waals surface area contributed by atoms with Crippen LogP contribution in [0.2, 0.25) is 0 Å². The van der Waals surface area contributed by atoms with E-state index >= 15 is 0 Å². The topological polar surface area (TPSA) is 113 Å². The van der Waals surface area contributed by atoms with E-state index in [9.17, 15) is 24.5 Å². The molecule has 0 amide bonds. The van der Waals surface area contributed by atoms with E-state index in [-0.39, 0.29) is 33.9 Å². The molecule has 0 radical (unpaired) electrons. The first-order valence-electron chi connectivity index (χ1n) is 8.98. The second-order valence-corrected chi connectivity index (χ2v) is 8.17. The largest absolute Gasteiger partial charge is 0.465 e. The van der Waals surface area contributed by atoms with Crippen LogP contribution in [-0.4, -0.2) is 32.9 Å². The first-order valence-corrected chi connectivity index (χ1v) is 11.0. The maximum atomic E-state index is 13.2. The van der Waals surface area contributed by atoms with Crippen LogP contribution in [-0.2, 0) is 22.6 Å². The lowest BCUT2D eigenvalue weighted by atomic mass is 10.2. The van der Waals surface area contributed by atoms with Crippen LogP contribution in [0.4, 0.5) is 5.00 Å². The molecule has 2 heterocycles. The van der Waals surface area contributed by atoms with Crippen molar-refractivity contribution in [2.75, 3.05) is 12.9 Å². The molecular formula is C19H19N3O6S2. The predicted molar refractivity (Wildman–Crippen MR) is 116 cm³/mol. The summed E-state index contributed by atoms with van der Waals surface area (Å²) in [6.45, 7) is 2.74. The van der Waals surface area contributed by atoms with Crippen molar-refractivity contribution in [2.45, 2.75) is 31.8 Å². The van der Waals surface area contributed by atoms with E-state index in [0.29, 0.717) is 0 Å². The Hall–Kier alpha value is -2.92. The van der Waals surface area contributed by atoms with E-state index in [1.54, 1.807) is 6.92 Å². The van der Waals surface area contributed by atoms with Crippen molar-refractivity contribution in [2.24, 2.45) is 0 Å². The van der Waals surface area contributed by atoms with Crippen LogP contribution >= 0.6 is 23.1 Å². The van der Waals surface area contributed by atoms with E-state index < -0.39 is 28.7 Å². The molecule has 3 rings (SSSR count). The number of carbonyl (C=O) groups is 1. The van der Waals surface area contributed by atoms with Crippen molar-refractivity contribution in [1.82, 2.24) is 9.13 Å². The van der Waals surface area contributed by atoms with Gasteiger partial charge in [-0.15, -0.1) is 11.8 Å². The molecule has 0 aliphatic rings. The van der Waals surface area contributed by atoms with Gasteiger partial charge >= 0.3 is 16.7 Å². The van der Waals surface area contributed by atoms with Crippen LogP contribution in [0, 0.1) is 17.0 Å². The lowest BCUT2D eigenvalue weighted by Gasteiger charge is -2.13. The Kier molecular flexibility index (Phi) is 6.42. The van der Waals surface area contributed by atoms with E-state index in [1.165, 1.54) is 23.3 Å². The second-order valence-electron chi connectivity index (χ2n) is 6.35. The number of rotatable bonds is 7. The van der Waals surface area contributed by atoms with Gasteiger partial charge in [0.2, 0.25) is 0 Å². The van der Waals surface area contributed by atoms with Crippen LogP contribution < -0.4 is 11.2 Å². The number of hydrogen-bond donors (Lipinski definition) is 0. The van der Waals surface area contributed by atoms with Crippen LogP contribution in [0.1, 0.15) is 18.1 Å². The molecule has 0 saturated carbocycles. The van der Waals surface area contributed by atoms with Gasteiger partial charge in [-0.3, -0.25) is 24.3 Å². The summed E-state index contributed by atoms with van der Waals surface area (Å²) in [7, 11) is 0. The van der Waals surface area contributed by atoms with Crippen molar-refractivity contribution < 1.29 is 14.5 Å². The standard InChI is InChI=1S/C19H19N3O6S2/c1-4-28-14(23)10-20-16(24)15-11(2)17(22(26)27)30-18(15)21(19(20)25)9-12-7-5-6-8-13(12)29-3/h5-8H,4,9-10H2,1-3H3. The number of fused-ring (bicyclic) bond motifs is 1. The number of benzene rings is 1. The van der Waals surface area contributed by atoms with Crippen LogP contribution in [0.25, 0.3) is 10.2 Å². The zero-order valence-electron chi connectivity index (χ0n) is 16.5. The minimum absolute atomic E-state index is 0.0669. The van der Waals surface area contributed by atoms with Gasteiger partial charge in [0.1, 0.15) is 11.4 Å². The minimum Gasteiger partial charge on any atom is -0.465 e. The third kappa shape index (κ3) is 3.90. The summed E-state index contributed by atoms with van der Waals surface area (Å²) >= 11 is 2.29. The molecule has 0 fully saturated rings. The molecule has 0 unspecified atom stereocenters. The van der Waals surface area contributed by atoms with Crippen molar-refractivity contribution in [3.05, 3.63) is 66.3 Å². The molecule has 0 bridgehead atoms. The summed E-state index contributed by atoms with van der Waals surface area (Å²) in [6, 6.07) is 7.45. The molecule has 9 nitrogen and oxygen atoms in total. The van der Waals surface area contributed by atoms with Gasteiger partial charge in [0.15, 0.2) is 0 Å². The summed E-state index contributed by atoms with van der Waals surface area (Å²) in [5, 5.41) is 11.3. The van der Waals surface area contributed by atoms with Crippen molar-refractivity contribution in [3.63, 3.8) is 0 Å². The third-order valence-electron chi connectivity index (χ3n) is 4.55. The lowest BCUT2D eigenvalue weighted by Crippen LogP contribution is -2.42. The van der Waals surface area contributed by atoms with E-state index in [2.05, 4.69) is 0 Å². The van der Waals surface area contributed by atoms with Crippen molar-refractivity contribution in [1.29, 1.82) is 0 Å². The van der Waals surface area contributed by atoms with E-state index in [0.717, 1.165) is 26.4 Å². The highest BCUT2D eigenvalue weighted by atomic mass is 32.2. The maximum Gasteiger partial charge on any atom is 0.332 e. The molecule has 11 heteroatoms. The molecular weight excluding hydrogens is 430 g/mol. The van der Waals surface area contributed by atoms with Gasteiger partial charge in [0.25, 0.3) is 5.56 Å². The number of esters is 1. The van der Waals surface area contributed by atoms with Crippen LogP contribution in [0.3, 0.4) is 0 Å². The number of nitrogens with zero attached hydrogens (tertiary/aromatic N) is 3. The number of hydrogen-bond acceptors (Lipinski definition) is 8. The Labute approximate surface area is 179 Å². The second kappa shape index (κ2) is 8.84. The Bertz CT molecular complexity index is 1260. The highest BCUT2D eigenvalue weighted by Gasteiger charge is 2.26. The fourth-order valence-electron chi connectivity index (χ4n) is 3.18. The lowest BCUT2D eigenvalue weighted by molar-refractivity contribution is -0.380. The zero-order valence-corrected chi connectivity index (χ0v) is 18.2. The summed E-state index contributed by atoms with van der Waals surface area (Å²) in [5.41, 5.74) is -0.454. The maximum absolute atomic E-state index is 13.2. The van der Waals surface area contributed by atoms with Gasteiger partial charge in [-0.2, -0.15) is 0 Å². The Morgan fingerprint density at radius 2 is 1.97 bits per heavy atom. The van der Waals surface area contributed by atoms with Crippen LogP contribution in [0.5, 0.6) is 0 Å². The quantitative estimate of drug-likeness (QED) is 0.236. The predicted octanol–water partition coefficient (Wildman–Crippen LogP) is 2.77. The number of aryl methyl sites for hydroxylation is 1. The number of thiophene rings is 1. The number of nitro groups is 1. The Morgan fingerprint density at radius 3 is 2.60 bits per heavy atom. The molecule has 0 spiro atoms. The summed E-state index contributed by atoms with van der Waals surface area (Å²) < 4.78 is 6.98. The molecule has 0 atom stereocenters. The summed E-state index contributed by atoms with van der Waals surface area (Å²) in [6.07, 6.45) is 1.90. The van der Waals surface area contributed by atoms with Gasteiger partial charge in [0, 0.05) is 4.90 Å². The highest BCUT2D eigenvalue weighted by Crippen LogP contribution is 2.34. The normalized spacial score (nSPS) is 11.0. The van der Waals surface area contributed by atoms with Gasteiger partial charge in [-0.1, -0.05) is 18.2 Å². The first kappa shape index (κ1) is 21.8. The number of aromatic nitrogens is 2. The molecule has 0 aliphatic carbocycles. The summed E-state index contributed by atoms with van der Waals surface area (Å²) in [4.78, 5) is 50.2. The first-order chi connectivity index (χ1) is 14.3. The molecule has 158 valence electrons.